The zero-order valence-electron chi connectivity index (χ0n) is 11.5. The number of benzene rings is 1. The van der Waals surface area contributed by atoms with Gasteiger partial charge in [0.15, 0.2) is 0 Å². The molecule has 1 heterocycles. The van der Waals surface area contributed by atoms with Crippen molar-refractivity contribution in [3.8, 4) is 0 Å². The van der Waals surface area contributed by atoms with Crippen LogP contribution in [0.25, 0.3) is 11.0 Å². The normalized spacial score (nSPS) is 10.9. The van der Waals surface area contributed by atoms with Crippen molar-refractivity contribution in [1.29, 1.82) is 0 Å². The molecule has 20 heavy (non-hydrogen) atoms. The topological polar surface area (TPSA) is 62.9 Å². The first-order valence-corrected chi connectivity index (χ1v) is 6.59. The van der Waals surface area contributed by atoms with Crippen molar-refractivity contribution in [2.24, 2.45) is 0 Å². The van der Waals surface area contributed by atoms with Crippen LogP contribution in [-0.4, -0.2) is 49.3 Å². The zero-order chi connectivity index (χ0) is 14.4. The lowest BCUT2D eigenvalue weighted by molar-refractivity contribution is -0.135. The van der Waals surface area contributed by atoms with Crippen LogP contribution in [0.3, 0.4) is 0 Å². The lowest BCUT2D eigenvalue weighted by Crippen LogP contribution is -2.32. The molecule has 0 aliphatic carbocycles. The van der Waals surface area contributed by atoms with Gasteiger partial charge in [0.05, 0.1) is 19.5 Å². The summed E-state index contributed by atoms with van der Waals surface area (Å²) in [5.41, 5.74) is 2.02. The molecule has 5 nitrogen and oxygen atoms in total. The van der Waals surface area contributed by atoms with Gasteiger partial charge in [-0.3, -0.25) is 4.79 Å². The van der Waals surface area contributed by atoms with Gasteiger partial charge in [0.1, 0.15) is 12.2 Å². The largest absolute Gasteiger partial charge is 0.464 e. The molecular formula is C15H19NO4. The predicted molar refractivity (Wildman–Crippen MR) is 75.5 cm³/mol. The van der Waals surface area contributed by atoms with Crippen LogP contribution < -0.4 is 0 Å². The number of likely N-dealkylation sites (N-methyl/N-ethyl adjacent to an activating group) is 1. The second-order valence-corrected chi connectivity index (χ2v) is 4.63. The number of carbonyl (C=O) groups is 1. The number of hydrogen-bond acceptors (Lipinski definition) is 4. The molecule has 1 aromatic heterocycles. The third-order valence-corrected chi connectivity index (χ3v) is 3.14. The third-order valence-electron chi connectivity index (χ3n) is 3.14. The van der Waals surface area contributed by atoms with Gasteiger partial charge >= 0.3 is 0 Å². The molecule has 0 aliphatic rings. The van der Waals surface area contributed by atoms with E-state index in [1.165, 1.54) is 4.90 Å². The van der Waals surface area contributed by atoms with Gasteiger partial charge in [-0.15, -0.1) is 0 Å². The van der Waals surface area contributed by atoms with Crippen molar-refractivity contribution in [3.63, 3.8) is 0 Å². The molecular weight excluding hydrogens is 258 g/mol. The third kappa shape index (κ3) is 3.82. The van der Waals surface area contributed by atoms with Gasteiger partial charge in [-0.1, -0.05) is 6.07 Å². The Morgan fingerprint density at radius 1 is 1.40 bits per heavy atom. The summed E-state index contributed by atoms with van der Waals surface area (Å²) in [6.45, 7) is 0.832. The maximum atomic E-state index is 11.6. The average Bonchev–Trinajstić information content (AvgIpc) is 2.91. The minimum absolute atomic E-state index is 0.0348. The highest BCUT2D eigenvalue weighted by molar-refractivity contribution is 5.78. The van der Waals surface area contributed by atoms with Crippen LogP contribution in [0.4, 0.5) is 0 Å². The summed E-state index contributed by atoms with van der Waals surface area (Å²) in [6, 6.07) is 7.91. The lowest BCUT2D eigenvalue weighted by Gasteiger charge is -2.15. The molecule has 0 spiro atoms. The van der Waals surface area contributed by atoms with Gasteiger partial charge < -0.3 is 19.2 Å². The standard InChI is InChI=1S/C15H19NO4/c1-16(6-7-17)15(18)11-19-8-4-12-2-3-14-13(10-12)5-9-20-14/h2-3,5,9-10,17H,4,6-8,11H2,1H3. The van der Waals surface area contributed by atoms with E-state index < -0.39 is 0 Å². The average molecular weight is 277 g/mol. The minimum Gasteiger partial charge on any atom is -0.464 e. The maximum absolute atomic E-state index is 11.6. The van der Waals surface area contributed by atoms with Crippen LogP contribution in [0.5, 0.6) is 0 Å². The number of amides is 1. The molecule has 1 N–H and O–H groups in total. The van der Waals surface area contributed by atoms with E-state index in [1.54, 1.807) is 13.3 Å². The molecule has 1 amide bonds. The maximum Gasteiger partial charge on any atom is 0.248 e. The van der Waals surface area contributed by atoms with E-state index in [-0.39, 0.29) is 19.1 Å². The summed E-state index contributed by atoms with van der Waals surface area (Å²) in [5.74, 6) is -0.121. The van der Waals surface area contributed by atoms with Crippen molar-refractivity contribution in [1.82, 2.24) is 4.90 Å². The Balaban J connectivity index is 1.74. The molecule has 0 unspecified atom stereocenters. The second-order valence-electron chi connectivity index (χ2n) is 4.63. The van der Waals surface area contributed by atoms with Crippen LogP contribution in [0.2, 0.25) is 0 Å². The highest BCUT2D eigenvalue weighted by Crippen LogP contribution is 2.17. The number of ether oxygens (including phenoxy) is 1. The van der Waals surface area contributed by atoms with Crippen molar-refractivity contribution in [2.75, 3.05) is 33.4 Å². The van der Waals surface area contributed by atoms with Gasteiger partial charge in [0, 0.05) is 19.0 Å². The number of aliphatic hydroxyl groups is 1. The number of nitrogens with zero attached hydrogens (tertiary/aromatic N) is 1. The van der Waals surface area contributed by atoms with E-state index in [0.29, 0.717) is 13.2 Å². The Kier molecular flexibility index (Phi) is 5.15. The summed E-state index contributed by atoms with van der Waals surface area (Å²) in [4.78, 5) is 13.0. The highest BCUT2D eigenvalue weighted by atomic mass is 16.5. The fraction of sp³-hybridized carbons (Fsp3) is 0.400. The number of carbonyl (C=O) groups excluding carboxylic acids is 1. The summed E-state index contributed by atoms with van der Waals surface area (Å²) in [5, 5.41) is 9.80. The molecule has 0 atom stereocenters. The minimum atomic E-state index is -0.121. The first-order valence-electron chi connectivity index (χ1n) is 6.59. The van der Waals surface area contributed by atoms with Gasteiger partial charge in [0.2, 0.25) is 5.91 Å². The molecule has 108 valence electrons. The van der Waals surface area contributed by atoms with Crippen molar-refractivity contribution in [3.05, 3.63) is 36.1 Å². The predicted octanol–water partition coefficient (Wildman–Crippen LogP) is 1.44. The monoisotopic (exact) mass is 277 g/mol. The van der Waals surface area contributed by atoms with E-state index in [4.69, 9.17) is 14.3 Å². The fourth-order valence-electron chi connectivity index (χ4n) is 1.91. The van der Waals surface area contributed by atoms with E-state index >= 15 is 0 Å². The molecule has 0 fully saturated rings. The van der Waals surface area contributed by atoms with Gasteiger partial charge in [-0.25, -0.2) is 0 Å². The van der Waals surface area contributed by atoms with Crippen LogP contribution in [0, 0.1) is 0 Å². The number of fused-ring (bicyclic) bond motifs is 1. The zero-order valence-corrected chi connectivity index (χ0v) is 11.5. The molecule has 0 saturated carbocycles. The summed E-state index contributed by atoms with van der Waals surface area (Å²) in [6.07, 6.45) is 2.42. The molecule has 0 aliphatic heterocycles. The first-order chi connectivity index (χ1) is 9.70. The Bertz CT molecular complexity index is 564. The van der Waals surface area contributed by atoms with E-state index in [9.17, 15) is 4.79 Å². The second kappa shape index (κ2) is 7.07. The molecule has 0 bridgehead atoms. The Morgan fingerprint density at radius 3 is 3.05 bits per heavy atom. The van der Waals surface area contributed by atoms with Gasteiger partial charge in [-0.05, 0) is 30.2 Å². The van der Waals surface area contributed by atoms with Crippen LogP contribution in [0.15, 0.2) is 34.9 Å². The summed E-state index contributed by atoms with van der Waals surface area (Å²) < 4.78 is 10.6. The van der Waals surface area contributed by atoms with Crippen LogP contribution >= 0.6 is 0 Å². The Hall–Kier alpha value is -1.85. The van der Waals surface area contributed by atoms with Crippen molar-refractivity contribution >= 4 is 16.9 Å². The molecule has 2 aromatic rings. The van der Waals surface area contributed by atoms with Crippen LogP contribution in [0.1, 0.15) is 5.56 Å². The van der Waals surface area contributed by atoms with E-state index in [0.717, 1.165) is 23.0 Å². The summed E-state index contributed by atoms with van der Waals surface area (Å²) >= 11 is 0. The first kappa shape index (κ1) is 14.6. The lowest BCUT2D eigenvalue weighted by atomic mass is 10.1. The SMILES string of the molecule is CN(CCO)C(=O)COCCc1ccc2occc2c1. The Labute approximate surface area is 117 Å². The number of furan rings is 1. The number of rotatable bonds is 7. The molecule has 0 saturated heterocycles. The molecule has 1 aromatic carbocycles. The van der Waals surface area contributed by atoms with Gasteiger partial charge in [-0.2, -0.15) is 0 Å². The van der Waals surface area contributed by atoms with E-state index in [2.05, 4.69) is 6.07 Å². The molecule has 0 radical (unpaired) electrons. The van der Waals surface area contributed by atoms with Gasteiger partial charge in [0.25, 0.3) is 0 Å². The van der Waals surface area contributed by atoms with Crippen molar-refractivity contribution in [2.45, 2.75) is 6.42 Å². The smallest absolute Gasteiger partial charge is 0.248 e. The van der Waals surface area contributed by atoms with E-state index in [1.807, 2.05) is 18.2 Å². The highest BCUT2D eigenvalue weighted by Gasteiger charge is 2.07. The summed E-state index contributed by atoms with van der Waals surface area (Å²) in [7, 11) is 1.65. The molecule has 5 heteroatoms. The number of hydrogen-bond donors (Lipinski definition) is 1. The fourth-order valence-corrected chi connectivity index (χ4v) is 1.91. The van der Waals surface area contributed by atoms with Crippen LogP contribution in [-0.2, 0) is 16.0 Å². The van der Waals surface area contributed by atoms with Crippen molar-refractivity contribution < 1.29 is 19.1 Å². The number of aliphatic hydroxyl groups excluding tert-OH is 1. The Morgan fingerprint density at radius 2 is 2.25 bits per heavy atom. The molecule has 2 rings (SSSR count). The quantitative estimate of drug-likeness (QED) is 0.778.